The molecule has 0 heterocycles. The molecule has 2 rings (SSSR count). The molecular weight excluding hydrogens is 268 g/mol. The maximum atomic E-state index is 11.3. The number of nitro groups is 1. The first-order valence-electron chi connectivity index (χ1n) is 7.43. The van der Waals surface area contributed by atoms with Gasteiger partial charge in [-0.25, -0.2) is 0 Å². The van der Waals surface area contributed by atoms with Gasteiger partial charge in [0.25, 0.3) is 0 Å². The summed E-state index contributed by atoms with van der Waals surface area (Å²) in [7, 11) is 1.95. The SMILES string of the molecule is CCC1(C)C(NC)CC1Oc1c(C)cc(C)cc1[N+](=O)[O-]. The van der Waals surface area contributed by atoms with Crippen molar-refractivity contribution in [3.05, 3.63) is 33.4 Å². The summed E-state index contributed by atoms with van der Waals surface area (Å²) in [5.74, 6) is 0.421. The molecule has 0 amide bonds. The van der Waals surface area contributed by atoms with Crippen molar-refractivity contribution in [3.63, 3.8) is 0 Å². The molecule has 3 atom stereocenters. The third kappa shape index (κ3) is 2.62. The molecule has 1 N–H and O–H groups in total. The monoisotopic (exact) mass is 292 g/mol. The fourth-order valence-electron chi connectivity index (χ4n) is 3.28. The normalized spacial score (nSPS) is 28.0. The zero-order valence-corrected chi connectivity index (χ0v) is 13.4. The Morgan fingerprint density at radius 3 is 2.67 bits per heavy atom. The van der Waals surface area contributed by atoms with E-state index in [1.807, 2.05) is 27.0 Å². The smallest absolute Gasteiger partial charge is 0.311 e. The van der Waals surface area contributed by atoms with E-state index < -0.39 is 0 Å². The van der Waals surface area contributed by atoms with Crippen molar-refractivity contribution >= 4 is 5.69 Å². The number of hydrogen-bond donors (Lipinski definition) is 1. The molecule has 1 aromatic carbocycles. The molecular formula is C16H24N2O3. The predicted molar refractivity (Wildman–Crippen MR) is 82.8 cm³/mol. The Bertz CT molecular complexity index is 559. The first kappa shape index (κ1) is 15.8. The van der Waals surface area contributed by atoms with E-state index in [9.17, 15) is 10.1 Å². The van der Waals surface area contributed by atoms with Crippen LogP contribution in [-0.4, -0.2) is 24.1 Å². The summed E-state index contributed by atoms with van der Waals surface area (Å²) in [6.07, 6.45) is 1.87. The van der Waals surface area contributed by atoms with E-state index in [1.54, 1.807) is 6.07 Å². The molecule has 0 aromatic heterocycles. The minimum atomic E-state index is -0.354. The van der Waals surface area contributed by atoms with Crippen LogP contribution in [0.25, 0.3) is 0 Å². The standard InChI is InChI=1S/C16H24N2O3/c1-6-16(4)13(17-5)9-14(16)21-15-11(3)7-10(2)8-12(15)18(19)20/h7-8,13-14,17H,6,9H2,1-5H3. The van der Waals surface area contributed by atoms with E-state index in [4.69, 9.17) is 4.74 Å². The molecule has 1 aliphatic rings. The van der Waals surface area contributed by atoms with Crippen LogP contribution >= 0.6 is 0 Å². The van der Waals surface area contributed by atoms with E-state index >= 15 is 0 Å². The molecule has 1 aromatic rings. The lowest BCUT2D eigenvalue weighted by molar-refractivity contribution is -0.386. The summed E-state index contributed by atoms with van der Waals surface area (Å²) in [6.45, 7) is 8.04. The molecule has 0 spiro atoms. The third-order valence-corrected chi connectivity index (χ3v) is 4.95. The number of ether oxygens (including phenoxy) is 1. The Labute approximate surface area is 125 Å². The van der Waals surface area contributed by atoms with Gasteiger partial charge in [-0.2, -0.15) is 0 Å². The Kier molecular flexibility index (Phi) is 4.23. The molecule has 1 saturated carbocycles. The lowest BCUT2D eigenvalue weighted by atomic mass is 9.61. The van der Waals surface area contributed by atoms with Crippen LogP contribution < -0.4 is 10.1 Å². The zero-order valence-electron chi connectivity index (χ0n) is 13.4. The van der Waals surface area contributed by atoms with Gasteiger partial charge < -0.3 is 10.1 Å². The van der Waals surface area contributed by atoms with Crippen LogP contribution in [-0.2, 0) is 0 Å². The van der Waals surface area contributed by atoms with Crippen molar-refractivity contribution in [2.24, 2.45) is 5.41 Å². The van der Waals surface area contributed by atoms with Gasteiger partial charge in [-0.05, 0) is 38.4 Å². The van der Waals surface area contributed by atoms with Crippen molar-refractivity contribution in [1.82, 2.24) is 5.32 Å². The Morgan fingerprint density at radius 2 is 2.14 bits per heavy atom. The third-order valence-electron chi connectivity index (χ3n) is 4.95. The molecule has 3 unspecified atom stereocenters. The molecule has 0 aliphatic heterocycles. The second kappa shape index (κ2) is 5.64. The average molecular weight is 292 g/mol. The van der Waals surface area contributed by atoms with Crippen molar-refractivity contribution in [2.75, 3.05) is 7.05 Å². The number of nitrogens with zero attached hydrogens (tertiary/aromatic N) is 1. The van der Waals surface area contributed by atoms with Gasteiger partial charge in [0.2, 0.25) is 0 Å². The van der Waals surface area contributed by atoms with Gasteiger partial charge in [0, 0.05) is 23.9 Å². The van der Waals surface area contributed by atoms with Crippen molar-refractivity contribution in [3.8, 4) is 5.75 Å². The highest BCUT2D eigenvalue weighted by Gasteiger charge is 2.52. The van der Waals surface area contributed by atoms with Gasteiger partial charge in [0.15, 0.2) is 5.75 Å². The lowest BCUT2D eigenvalue weighted by Gasteiger charge is -2.53. The summed E-state index contributed by atoms with van der Waals surface area (Å²) in [5, 5.41) is 14.6. The number of rotatable bonds is 5. The Hall–Kier alpha value is -1.62. The summed E-state index contributed by atoms with van der Waals surface area (Å²) < 4.78 is 6.09. The molecule has 1 aliphatic carbocycles. The summed E-state index contributed by atoms with van der Waals surface area (Å²) in [5.41, 5.74) is 1.79. The van der Waals surface area contributed by atoms with Crippen LogP contribution in [0.4, 0.5) is 5.69 Å². The largest absolute Gasteiger partial charge is 0.483 e. The molecule has 0 saturated heterocycles. The highest BCUT2D eigenvalue weighted by molar-refractivity contribution is 5.53. The van der Waals surface area contributed by atoms with Gasteiger partial charge >= 0.3 is 5.69 Å². The first-order chi connectivity index (χ1) is 9.83. The number of aryl methyl sites for hydroxylation is 2. The van der Waals surface area contributed by atoms with Crippen LogP contribution in [0.2, 0.25) is 0 Å². The molecule has 1 fully saturated rings. The van der Waals surface area contributed by atoms with Gasteiger partial charge in [-0.1, -0.05) is 19.9 Å². The van der Waals surface area contributed by atoms with Crippen molar-refractivity contribution in [1.29, 1.82) is 0 Å². The molecule has 5 heteroatoms. The van der Waals surface area contributed by atoms with E-state index in [1.165, 1.54) is 0 Å². The molecule has 5 nitrogen and oxygen atoms in total. The summed E-state index contributed by atoms with van der Waals surface area (Å²) >= 11 is 0. The van der Waals surface area contributed by atoms with Crippen molar-refractivity contribution < 1.29 is 9.66 Å². The van der Waals surface area contributed by atoms with Crippen molar-refractivity contribution in [2.45, 2.75) is 52.7 Å². The maximum absolute atomic E-state index is 11.3. The first-order valence-corrected chi connectivity index (χ1v) is 7.43. The van der Waals surface area contributed by atoms with E-state index in [-0.39, 0.29) is 22.1 Å². The van der Waals surface area contributed by atoms with Crippen LogP contribution in [0.15, 0.2) is 12.1 Å². The summed E-state index contributed by atoms with van der Waals surface area (Å²) in [6, 6.07) is 3.91. The van der Waals surface area contributed by atoms with Crippen LogP contribution in [0.5, 0.6) is 5.75 Å². The number of hydrogen-bond acceptors (Lipinski definition) is 4. The van der Waals surface area contributed by atoms with E-state index in [0.717, 1.165) is 24.0 Å². The van der Waals surface area contributed by atoms with Crippen LogP contribution in [0.1, 0.15) is 37.8 Å². The second-order valence-electron chi connectivity index (χ2n) is 6.23. The summed E-state index contributed by atoms with van der Waals surface area (Å²) in [4.78, 5) is 10.9. The van der Waals surface area contributed by atoms with Gasteiger partial charge in [-0.3, -0.25) is 10.1 Å². The topological polar surface area (TPSA) is 64.4 Å². The number of nitrogens with one attached hydrogen (secondary N) is 1. The van der Waals surface area contributed by atoms with E-state index in [0.29, 0.717) is 11.8 Å². The number of benzene rings is 1. The quantitative estimate of drug-likeness (QED) is 0.667. The lowest BCUT2D eigenvalue weighted by Crippen LogP contribution is -2.62. The minimum absolute atomic E-state index is 0.0138. The Balaban J connectivity index is 2.31. The molecule has 0 bridgehead atoms. The van der Waals surface area contributed by atoms with Crippen LogP contribution in [0.3, 0.4) is 0 Å². The highest BCUT2D eigenvalue weighted by atomic mass is 16.6. The fourth-order valence-corrected chi connectivity index (χ4v) is 3.28. The minimum Gasteiger partial charge on any atom is -0.483 e. The van der Waals surface area contributed by atoms with Gasteiger partial charge in [0.05, 0.1) is 4.92 Å². The molecule has 116 valence electrons. The highest BCUT2D eigenvalue weighted by Crippen LogP contribution is 2.47. The van der Waals surface area contributed by atoms with Crippen LogP contribution in [0, 0.1) is 29.4 Å². The van der Waals surface area contributed by atoms with Gasteiger partial charge in [-0.15, -0.1) is 0 Å². The Morgan fingerprint density at radius 1 is 1.48 bits per heavy atom. The molecule has 0 radical (unpaired) electrons. The number of nitro benzene ring substituents is 1. The fraction of sp³-hybridized carbons (Fsp3) is 0.625. The van der Waals surface area contributed by atoms with Gasteiger partial charge in [0.1, 0.15) is 6.10 Å². The maximum Gasteiger partial charge on any atom is 0.311 e. The second-order valence-corrected chi connectivity index (χ2v) is 6.23. The zero-order chi connectivity index (χ0) is 15.8. The average Bonchev–Trinajstić information content (AvgIpc) is 2.42. The molecule has 21 heavy (non-hydrogen) atoms. The predicted octanol–water partition coefficient (Wildman–Crippen LogP) is 3.37. The van der Waals surface area contributed by atoms with E-state index in [2.05, 4.69) is 19.2 Å².